The molecule has 0 radical (unpaired) electrons. The van der Waals surface area contributed by atoms with Crippen LogP contribution in [-0.2, 0) is 65.4 Å². The number of aromatic hydroxyl groups is 2. The van der Waals surface area contributed by atoms with Crippen LogP contribution in [-0.4, -0.2) is 233 Å². The van der Waals surface area contributed by atoms with Crippen molar-refractivity contribution < 1.29 is 96.4 Å². The molecule has 5 aliphatic rings. The van der Waals surface area contributed by atoms with Gasteiger partial charge in [-0.2, -0.15) is 0 Å². The van der Waals surface area contributed by atoms with Crippen molar-refractivity contribution in [2.24, 2.45) is 11.7 Å². The normalized spacial score (nSPS) is 22.2. The number of rotatable bonds is 29. The summed E-state index contributed by atoms with van der Waals surface area (Å²) in [7, 11) is 7.30. The highest BCUT2D eigenvalue weighted by Gasteiger charge is 2.55. The molecule has 31 nitrogen and oxygen atoms in total. The number of benzene rings is 3. The molecule has 4 aromatic rings. The fourth-order valence-corrected chi connectivity index (χ4v) is 13.1. The summed E-state index contributed by atoms with van der Waals surface area (Å²) in [5.74, 6) is -5.14. The molecular weight excluding hydrogens is 1300 g/mol. The van der Waals surface area contributed by atoms with Gasteiger partial charge in [0.2, 0.25) is 29.3 Å². The predicted molar refractivity (Wildman–Crippen MR) is 347 cm³/mol. The van der Waals surface area contributed by atoms with E-state index < -0.39 is 138 Å². The molecule has 10 atom stereocenters. The molecule has 3 aliphatic heterocycles. The van der Waals surface area contributed by atoms with E-state index in [1.165, 1.54) is 56.1 Å². The molecule has 0 bridgehead atoms. The molecule has 3 fully saturated rings. The number of hydrogen-bond acceptors (Lipinski definition) is 23. The van der Waals surface area contributed by atoms with Crippen LogP contribution in [0.4, 0.5) is 20.1 Å². The topological polar surface area (TPSA) is 394 Å². The number of phenols is 2. The molecule has 3 saturated heterocycles. The molecule has 1 aromatic heterocycles. The number of aliphatic hydroxyl groups is 1. The average molecular weight is 1390 g/mol. The molecule has 0 saturated carbocycles. The third-order valence-electron chi connectivity index (χ3n) is 18.3. The fourth-order valence-electron chi connectivity index (χ4n) is 12.9. The van der Waals surface area contributed by atoms with Gasteiger partial charge >= 0.3 is 18.2 Å². The van der Waals surface area contributed by atoms with E-state index in [1.807, 2.05) is 13.8 Å². The summed E-state index contributed by atoms with van der Waals surface area (Å²) in [6.45, 7) is 5.83. The number of unbranched alkanes of at least 4 members (excludes halogenated alkanes) is 2. The minimum Gasteiger partial charge on any atom is -0.507 e. The lowest BCUT2D eigenvalue weighted by molar-refractivity contribution is -0.256. The van der Waals surface area contributed by atoms with E-state index in [0.717, 1.165) is 11.3 Å². The Kier molecular flexibility index (Phi) is 24.4. The summed E-state index contributed by atoms with van der Waals surface area (Å²) in [5, 5.41) is 53.8. The maximum absolute atomic E-state index is 14.4. The Morgan fingerprint density at radius 2 is 1.59 bits per heavy atom. The van der Waals surface area contributed by atoms with Gasteiger partial charge < -0.3 is 89.6 Å². The number of alkyl halides is 1. The number of urea groups is 1. The zero-order chi connectivity index (χ0) is 70.9. The second-order valence-corrected chi connectivity index (χ2v) is 25.6. The Morgan fingerprint density at radius 3 is 2.28 bits per heavy atom. The smallest absolute Gasteiger partial charge is 0.409 e. The number of halogens is 1. The first-order chi connectivity index (χ1) is 46.8. The number of phenolic OH excluding ortho intramolecular Hbond substituents is 2. The first kappa shape index (κ1) is 73.7. The number of fused-ring (bicyclic) bond motifs is 6. The Balaban J connectivity index is 0.786. The minimum absolute atomic E-state index is 0.0498. The van der Waals surface area contributed by atoms with Crippen LogP contribution in [0.3, 0.4) is 0 Å². The van der Waals surface area contributed by atoms with Crippen LogP contribution in [0.1, 0.15) is 145 Å². The number of carbonyl (C=O) groups is 9. The lowest BCUT2D eigenvalue weighted by Crippen LogP contribution is -2.55. The van der Waals surface area contributed by atoms with Crippen LogP contribution < -0.4 is 26.4 Å². The number of methoxy groups -OCH3 is 2. The number of aromatic nitrogens is 3. The van der Waals surface area contributed by atoms with Crippen LogP contribution >= 0.6 is 11.6 Å². The van der Waals surface area contributed by atoms with Crippen molar-refractivity contribution in [1.82, 2.24) is 45.2 Å². The van der Waals surface area contributed by atoms with Gasteiger partial charge in [0, 0.05) is 115 Å². The Hall–Kier alpha value is -8.56. The second kappa shape index (κ2) is 32.4. The van der Waals surface area contributed by atoms with E-state index in [1.54, 1.807) is 49.3 Å². The first-order valence-electron chi connectivity index (χ1n) is 32.5. The molecule has 532 valence electrons. The van der Waals surface area contributed by atoms with Crippen molar-refractivity contribution in [3.05, 3.63) is 93.3 Å². The molecule has 3 aromatic carbocycles. The maximum Gasteiger partial charge on any atom is 0.409 e. The van der Waals surface area contributed by atoms with Crippen molar-refractivity contribution in [2.75, 3.05) is 92.5 Å². The molecule has 4 heterocycles. The third-order valence-corrected chi connectivity index (χ3v) is 18.6. The van der Waals surface area contributed by atoms with Gasteiger partial charge in [-0.3, -0.25) is 33.7 Å². The van der Waals surface area contributed by atoms with Crippen molar-refractivity contribution in [1.29, 1.82) is 0 Å². The SMILES string of the molecule is COc1cccc2c1C(=O)c1c(O)c3c(c(O)c1C2=O)C[C@@](O)(C(=O)COC(=O)N(C)CCN(C)C(=O)OCc1ccc(NC(=O)[C@H](CCCNC(N)=O)n2cc([C@@H](NC(=O)CCCCCN(C)C(=O)CCl)C(C)C)nn2)cc1)C[C@@H]3O[C@H]1CC2[C@H](O[C@@H]3[C@@H](OC)OCCN23)[C@H](C)O1. The maximum atomic E-state index is 14.4. The first-order valence-corrected chi connectivity index (χ1v) is 33.0. The number of anilines is 1. The van der Waals surface area contributed by atoms with Crippen molar-refractivity contribution in [3.8, 4) is 17.2 Å². The number of morpholine rings is 1. The van der Waals surface area contributed by atoms with E-state index in [9.17, 15) is 58.5 Å². The predicted octanol–water partition coefficient (Wildman–Crippen LogP) is 4.35. The number of primary amides is 1. The van der Waals surface area contributed by atoms with E-state index >= 15 is 0 Å². The monoisotopic (exact) mass is 1390 g/mol. The van der Waals surface area contributed by atoms with Gasteiger partial charge in [0.1, 0.15) is 53.2 Å². The highest BCUT2D eigenvalue weighted by atomic mass is 35.5. The van der Waals surface area contributed by atoms with Crippen LogP contribution in [0.15, 0.2) is 48.7 Å². The van der Waals surface area contributed by atoms with Crippen LogP contribution in [0.25, 0.3) is 0 Å². The summed E-state index contributed by atoms with van der Waals surface area (Å²) in [5.41, 5.74) is 2.44. The quantitative estimate of drug-likeness (QED) is 0.0199. The number of likely N-dealkylation sites (N-methyl/N-ethyl adjacent to an activating group) is 2. The van der Waals surface area contributed by atoms with Gasteiger partial charge in [0.15, 0.2) is 31.2 Å². The number of carbonyl (C=O) groups excluding carboxylic acids is 9. The standard InChI is InChI=1S/C66H86ClN11O20/c1-35(2)54(71-47(80)17-10-9-11-23-74(4)48(81)31-67)41-32-78(73-72-41)42(15-13-22-69-63(68)87)60(86)70-38-20-18-37(19-21-38)33-94-64(88)75(5)24-25-76(6)65(89)95-34-46(79)66(90)29-40-51(58(85)53-52(56(40)83)55(82)39-14-12-16-44(91-7)50(39)57(53)84)45(30-66)97-49-28-43-59(36(3)96-49)98-61-62(92-8)93-27-26-77(43)61/h12,14,16,18-21,32,35-36,42-43,45,49,54,59,61-62,83,85,90H,9-11,13,15,17,22-31,33-34H2,1-8H3,(H,70,86)(H,71,80)(H3,68,69,87)/t36-,42-,43?,45-,49-,54-,59+,61+,62-,66-/m0/s1. The number of nitrogens with two attached hydrogens (primary N) is 1. The third kappa shape index (κ3) is 16.6. The Labute approximate surface area is 570 Å². The Morgan fingerprint density at radius 1 is 0.878 bits per heavy atom. The number of ketones is 3. The van der Waals surface area contributed by atoms with Crippen LogP contribution in [0.2, 0.25) is 0 Å². The van der Waals surface area contributed by atoms with Crippen molar-refractivity contribution >= 4 is 70.6 Å². The number of amides is 7. The zero-order valence-corrected chi connectivity index (χ0v) is 56.7. The van der Waals surface area contributed by atoms with E-state index in [2.05, 4.69) is 31.2 Å². The fraction of sp³-hybridized carbons (Fsp3) is 0.561. The van der Waals surface area contributed by atoms with E-state index in [0.29, 0.717) is 55.9 Å². The number of nitrogens with one attached hydrogen (secondary N) is 3. The number of hydrogen-bond donors (Lipinski definition) is 7. The zero-order valence-electron chi connectivity index (χ0n) is 56.0. The molecule has 2 aliphatic carbocycles. The number of nitrogens with zero attached hydrogens (tertiary/aromatic N) is 7. The van der Waals surface area contributed by atoms with Crippen molar-refractivity contribution in [3.63, 3.8) is 0 Å². The molecule has 0 spiro atoms. The summed E-state index contributed by atoms with van der Waals surface area (Å²) >= 11 is 5.64. The highest BCUT2D eigenvalue weighted by Crippen LogP contribution is 2.53. The summed E-state index contributed by atoms with van der Waals surface area (Å²) in [6, 6.07) is 8.39. The summed E-state index contributed by atoms with van der Waals surface area (Å²) in [4.78, 5) is 126. The van der Waals surface area contributed by atoms with Crippen molar-refractivity contribution in [2.45, 2.75) is 146 Å². The lowest BCUT2D eigenvalue weighted by Gasteiger charge is -2.43. The highest BCUT2D eigenvalue weighted by molar-refractivity contribution is 6.31. The second-order valence-electron chi connectivity index (χ2n) is 25.4. The van der Waals surface area contributed by atoms with E-state index in [-0.39, 0.29) is 103 Å². The summed E-state index contributed by atoms with van der Waals surface area (Å²) in [6.07, 6.45) is -3.26. The molecule has 7 amide bonds. The lowest BCUT2D eigenvalue weighted by atomic mass is 9.72. The minimum atomic E-state index is -2.48. The molecule has 1 unspecified atom stereocenters. The average Bonchev–Trinajstić information content (AvgIpc) is 0.884. The number of Topliss-reactive ketones (excluding diaryl/α,β-unsaturated/α-hetero) is 1. The van der Waals surface area contributed by atoms with E-state index in [4.69, 9.17) is 55.2 Å². The van der Waals surface area contributed by atoms with Gasteiger partial charge in [-0.15, -0.1) is 16.7 Å². The largest absolute Gasteiger partial charge is 0.507 e. The molecule has 8 N–H and O–H groups in total. The van der Waals surface area contributed by atoms with Gasteiger partial charge in [-0.05, 0) is 62.3 Å². The van der Waals surface area contributed by atoms with Gasteiger partial charge in [-0.25, -0.2) is 19.1 Å². The number of ether oxygens (including phenoxy) is 8. The van der Waals surface area contributed by atoms with Gasteiger partial charge in [0.05, 0.1) is 54.9 Å². The van der Waals surface area contributed by atoms with Crippen LogP contribution in [0, 0.1) is 5.92 Å². The van der Waals surface area contributed by atoms with Gasteiger partial charge in [0.25, 0.3) is 0 Å². The molecule has 98 heavy (non-hydrogen) atoms. The van der Waals surface area contributed by atoms with Crippen LogP contribution in [0.5, 0.6) is 17.2 Å². The van der Waals surface area contributed by atoms with Gasteiger partial charge in [-0.1, -0.05) is 49.7 Å². The Bertz CT molecular complexity index is 3610. The molecule has 9 rings (SSSR count). The summed E-state index contributed by atoms with van der Waals surface area (Å²) < 4.78 is 48.4. The molecule has 32 heteroatoms. The molecular formula is C66H86ClN11O20.